The van der Waals surface area contributed by atoms with Gasteiger partial charge in [-0.3, -0.25) is 14.5 Å². The molecule has 30 heavy (non-hydrogen) atoms. The van der Waals surface area contributed by atoms with Gasteiger partial charge in [0.25, 0.3) is 0 Å². The zero-order chi connectivity index (χ0) is 21.7. The first-order chi connectivity index (χ1) is 14.4. The highest BCUT2D eigenvalue weighted by molar-refractivity contribution is 8.15. The van der Waals surface area contributed by atoms with Gasteiger partial charge in [-0.1, -0.05) is 23.4 Å². The fraction of sp³-hybridized carbons (Fsp3) is 0.286. The summed E-state index contributed by atoms with van der Waals surface area (Å²) < 4.78 is 10.5. The minimum Gasteiger partial charge on any atom is -0.495 e. The maximum Gasteiger partial charge on any atom is 0.238 e. The Morgan fingerprint density at radius 2 is 2.03 bits per heavy atom. The summed E-state index contributed by atoms with van der Waals surface area (Å²) in [6.07, 6.45) is 0.0897. The predicted molar refractivity (Wildman–Crippen MR) is 120 cm³/mol. The maximum absolute atomic E-state index is 12.7. The maximum atomic E-state index is 12.7. The number of methoxy groups -OCH3 is 1. The van der Waals surface area contributed by atoms with Gasteiger partial charge < -0.3 is 14.8 Å². The molecular formula is C21H22ClN3O4S. The van der Waals surface area contributed by atoms with Gasteiger partial charge >= 0.3 is 0 Å². The van der Waals surface area contributed by atoms with Crippen molar-refractivity contribution in [2.75, 3.05) is 26.1 Å². The number of nitrogens with zero attached hydrogens (tertiary/aromatic N) is 2. The molecule has 0 bridgehead atoms. The highest BCUT2D eigenvalue weighted by Gasteiger charge is 2.34. The highest BCUT2D eigenvalue weighted by Crippen LogP contribution is 2.32. The number of halogens is 1. The Hall–Kier alpha value is -2.71. The van der Waals surface area contributed by atoms with Crippen molar-refractivity contribution in [2.45, 2.75) is 18.6 Å². The van der Waals surface area contributed by atoms with Crippen molar-refractivity contribution >= 4 is 51.7 Å². The first kappa shape index (κ1) is 22.0. The minimum absolute atomic E-state index is 0.0897. The molecule has 1 atom stereocenters. The number of amidine groups is 1. The molecule has 2 amide bonds. The van der Waals surface area contributed by atoms with E-state index in [1.807, 2.05) is 6.92 Å². The van der Waals surface area contributed by atoms with Crippen LogP contribution in [0.5, 0.6) is 11.5 Å². The van der Waals surface area contributed by atoms with E-state index >= 15 is 0 Å². The third-order valence-electron chi connectivity index (χ3n) is 4.35. The zero-order valence-corrected chi connectivity index (χ0v) is 18.4. The van der Waals surface area contributed by atoms with Gasteiger partial charge in [0.05, 0.1) is 24.4 Å². The fourth-order valence-corrected chi connectivity index (χ4v) is 4.07. The Bertz CT molecular complexity index is 965. The number of carbonyl (C=O) groups is 2. The Kier molecular flexibility index (Phi) is 7.23. The highest BCUT2D eigenvalue weighted by atomic mass is 35.5. The summed E-state index contributed by atoms with van der Waals surface area (Å²) in [4.78, 5) is 31.1. The van der Waals surface area contributed by atoms with E-state index in [4.69, 9.17) is 21.1 Å². The third-order valence-corrected chi connectivity index (χ3v) is 5.89. The number of aliphatic imine (C=N–C) groups is 1. The summed E-state index contributed by atoms with van der Waals surface area (Å²) in [5.74, 6) is 0.825. The summed E-state index contributed by atoms with van der Waals surface area (Å²) in [7, 11) is 3.17. The van der Waals surface area contributed by atoms with Gasteiger partial charge in [-0.05, 0) is 49.4 Å². The van der Waals surface area contributed by atoms with Crippen LogP contribution in [0.2, 0.25) is 5.02 Å². The number of hydrogen-bond acceptors (Lipinski definition) is 6. The topological polar surface area (TPSA) is 80.2 Å². The van der Waals surface area contributed by atoms with Gasteiger partial charge in [0.15, 0.2) is 5.17 Å². The lowest BCUT2D eigenvalue weighted by Crippen LogP contribution is -2.43. The second-order valence-electron chi connectivity index (χ2n) is 6.42. The van der Waals surface area contributed by atoms with E-state index < -0.39 is 5.25 Å². The fourth-order valence-electron chi connectivity index (χ4n) is 2.76. The number of nitrogens with one attached hydrogen (secondary N) is 1. The number of amides is 2. The van der Waals surface area contributed by atoms with Crippen molar-refractivity contribution < 1.29 is 19.1 Å². The van der Waals surface area contributed by atoms with Crippen molar-refractivity contribution in [2.24, 2.45) is 4.99 Å². The van der Waals surface area contributed by atoms with Crippen LogP contribution in [-0.2, 0) is 9.59 Å². The number of hydrogen-bond donors (Lipinski definition) is 1. The van der Waals surface area contributed by atoms with Gasteiger partial charge in [-0.15, -0.1) is 0 Å². The van der Waals surface area contributed by atoms with E-state index in [9.17, 15) is 9.59 Å². The van der Waals surface area contributed by atoms with E-state index in [1.165, 1.54) is 23.8 Å². The average molecular weight is 448 g/mol. The Labute approximate surface area is 184 Å². The number of ether oxygens (including phenoxy) is 2. The molecule has 1 aliphatic heterocycles. The Morgan fingerprint density at radius 1 is 1.30 bits per heavy atom. The molecule has 0 radical (unpaired) electrons. The summed E-state index contributed by atoms with van der Waals surface area (Å²) in [6.45, 7) is 2.48. The summed E-state index contributed by atoms with van der Waals surface area (Å²) >= 11 is 7.39. The number of carbonyl (C=O) groups excluding carboxylic acids is 2. The van der Waals surface area contributed by atoms with E-state index in [1.54, 1.807) is 49.5 Å². The molecule has 0 aromatic heterocycles. The number of benzene rings is 2. The lowest BCUT2D eigenvalue weighted by molar-refractivity contribution is -0.128. The van der Waals surface area contributed by atoms with Crippen LogP contribution in [0, 0.1) is 0 Å². The summed E-state index contributed by atoms with van der Waals surface area (Å²) in [5.41, 5.74) is 1.20. The molecule has 3 rings (SSSR count). The molecule has 1 N–H and O–H groups in total. The summed E-state index contributed by atoms with van der Waals surface area (Å²) in [6, 6.07) is 12.2. The monoisotopic (exact) mass is 447 g/mol. The molecule has 1 fully saturated rings. The first-order valence-corrected chi connectivity index (χ1v) is 10.6. The molecule has 2 aromatic carbocycles. The summed E-state index contributed by atoms with van der Waals surface area (Å²) in [5, 5.41) is 3.10. The SMILES string of the molecule is CCOc1ccc(NC(=O)C2CC(=O)N(C)C(=Nc3ccc(OC)c(Cl)c3)S2)cc1. The molecule has 0 spiro atoms. The number of rotatable bonds is 6. The molecule has 1 aliphatic rings. The van der Waals surface area contributed by atoms with Gasteiger partial charge in [0, 0.05) is 19.2 Å². The van der Waals surface area contributed by atoms with Crippen LogP contribution in [0.1, 0.15) is 13.3 Å². The van der Waals surface area contributed by atoms with Crippen LogP contribution in [0.25, 0.3) is 0 Å². The Morgan fingerprint density at radius 3 is 2.67 bits per heavy atom. The van der Waals surface area contributed by atoms with E-state index in [2.05, 4.69) is 10.3 Å². The van der Waals surface area contributed by atoms with Crippen LogP contribution in [-0.4, -0.2) is 47.9 Å². The van der Waals surface area contributed by atoms with Gasteiger partial charge in [0.1, 0.15) is 16.7 Å². The predicted octanol–water partition coefficient (Wildman–Crippen LogP) is 4.34. The van der Waals surface area contributed by atoms with Crippen molar-refractivity contribution in [3.63, 3.8) is 0 Å². The molecule has 158 valence electrons. The van der Waals surface area contributed by atoms with Gasteiger partial charge in [-0.25, -0.2) is 4.99 Å². The molecular weight excluding hydrogens is 426 g/mol. The zero-order valence-electron chi connectivity index (χ0n) is 16.8. The first-order valence-electron chi connectivity index (χ1n) is 9.30. The van der Waals surface area contributed by atoms with Crippen LogP contribution >= 0.6 is 23.4 Å². The van der Waals surface area contributed by atoms with E-state index in [0.29, 0.717) is 33.9 Å². The van der Waals surface area contributed by atoms with E-state index in [-0.39, 0.29) is 18.2 Å². The molecule has 9 heteroatoms. The lowest BCUT2D eigenvalue weighted by atomic mass is 10.2. The van der Waals surface area contributed by atoms with Gasteiger partial charge in [0.2, 0.25) is 11.8 Å². The molecule has 0 aliphatic carbocycles. The third kappa shape index (κ3) is 5.25. The molecule has 1 saturated heterocycles. The molecule has 0 saturated carbocycles. The Balaban J connectivity index is 1.74. The quantitative estimate of drug-likeness (QED) is 0.712. The average Bonchev–Trinajstić information content (AvgIpc) is 2.73. The smallest absolute Gasteiger partial charge is 0.238 e. The van der Waals surface area contributed by atoms with Crippen molar-refractivity contribution in [3.05, 3.63) is 47.5 Å². The van der Waals surface area contributed by atoms with Crippen LogP contribution < -0.4 is 14.8 Å². The van der Waals surface area contributed by atoms with Crippen molar-refractivity contribution in [3.8, 4) is 11.5 Å². The molecule has 1 heterocycles. The van der Waals surface area contributed by atoms with E-state index in [0.717, 1.165) is 5.75 Å². The lowest BCUT2D eigenvalue weighted by Gasteiger charge is -2.28. The molecule has 1 unspecified atom stereocenters. The van der Waals surface area contributed by atoms with Crippen molar-refractivity contribution in [1.29, 1.82) is 0 Å². The standard InChI is InChI=1S/C21H22ClN3O4S/c1-4-29-15-8-5-13(6-9-15)23-20(27)18-12-19(26)25(2)21(30-18)24-14-7-10-17(28-3)16(22)11-14/h5-11,18H,4,12H2,1-3H3,(H,23,27). The largest absolute Gasteiger partial charge is 0.495 e. The van der Waals surface area contributed by atoms with Crippen LogP contribution in [0.3, 0.4) is 0 Å². The van der Waals surface area contributed by atoms with Crippen LogP contribution in [0.4, 0.5) is 11.4 Å². The molecule has 7 nitrogen and oxygen atoms in total. The number of anilines is 1. The minimum atomic E-state index is -0.590. The normalized spacial score (nSPS) is 17.7. The van der Waals surface area contributed by atoms with Crippen LogP contribution in [0.15, 0.2) is 47.5 Å². The van der Waals surface area contributed by atoms with Gasteiger partial charge in [-0.2, -0.15) is 0 Å². The second-order valence-corrected chi connectivity index (χ2v) is 8.00. The number of thioether (sulfide) groups is 1. The van der Waals surface area contributed by atoms with Crippen molar-refractivity contribution in [1.82, 2.24) is 4.90 Å². The molecule has 2 aromatic rings. The second kappa shape index (κ2) is 9.86.